The van der Waals surface area contributed by atoms with Gasteiger partial charge in [0.2, 0.25) is 0 Å². The van der Waals surface area contributed by atoms with Gasteiger partial charge in [-0.05, 0) is 95.4 Å². The van der Waals surface area contributed by atoms with E-state index in [1.807, 2.05) is 20.1 Å². The molecule has 1 saturated heterocycles. The van der Waals surface area contributed by atoms with Gasteiger partial charge >= 0.3 is 0 Å². The van der Waals surface area contributed by atoms with E-state index >= 15 is 0 Å². The van der Waals surface area contributed by atoms with Crippen molar-refractivity contribution in [2.45, 2.75) is 94.5 Å². The molecule has 38 heavy (non-hydrogen) atoms. The number of rotatable bonds is 5. The highest BCUT2D eigenvalue weighted by atomic mass is 16.6. The van der Waals surface area contributed by atoms with Crippen LogP contribution < -0.4 is 4.74 Å². The maximum absolute atomic E-state index is 12.6. The summed E-state index contributed by atoms with van der Waals surface area (Å²) >= 11 is 0. The lowest BCUT2D eigenvalue weighted by Gasteiger charge is -2.75. The van der Waals surface area contributed by atoms with Gasteiger partial charge in [-0.1, -0.05) is 35.4 Å². The topological polar surface area (TPSA) is 62.2 Å². The van der Waals surface area contributed by atoms with Gasteiger partial charge in [-0.2, -0.15) is 0 Å². The first kappa shape index (κ1) is 23.8. The molecule has 5 heteroatoms. The highest BCUT2D eigenvalue weighted by Crippen LogP contribution is 2.78. The quantitative estimate of drug-likeness (QED) is 0.577. The van der Waals surface area contributed by atoms with Gasteiger partial charge in [-0.25, -0.2) is 0 Å². The van der Waals surface area contributed by atoms with E-state index in [4.69, 9.17) is 9.47 Å². The number of ether oxygens (including phenoxy) is 2. The smallest absolute Gasteiger partial charge is 0.165 e. The largest absolute Gasteiger partial charge is 0.504 e. The third kappa shape index (κ3) is 2.64. The van der Waals surface area contributed by atoms with Crippen molar-refractivity contribution >= 4 is 0 Å². The second-order valence-corrected chi connectivity index (χ2v) is 13.9. The molecule has 202 valence electrons. The molecule has 4 bridgehead atoms. The Hall–Kier alpha value is -2.08. The molecule has 2 heterocycles. The summed E-state index contributed by atoms with van der Waals surface area (Å²) in [6, 6.07) is 10.9. The van der Waals surface area contributed by atoms with Crippen LogP contribution >= 0.6 is 0 Å². The molecule has 2 spiro atoms. The number of fused-ring (bicyclic) bond motifs is 2. The maximum Gasteiger partial charge on any atom is 0.165 e. The monoisotopic (exact) mass is 515 g/mol. The van der Waals surface area contributed by atoms with Crippen molar-refractivity contribution in [3.63, 3.8) is 0 Å². The van der Waals surface area contributed by atoms with Crippen LogP contribution in [-0.4, -0.2) is 53.1 Å². The van der Waals surface area contributed by atoms with E-state index in [-0.39, 0.29) is 28.6 Å². The molecule has 2 N–H and O–H groups in total. The molecule has 7 aliphatic rings. The predicted octanol–water partition coefficient (Wildman–Crippen LogP) is 5.14. The van der Waals surface area contributed by atoms with Crippen LogP contribution in [0, 0.1) is 31.1 Å². The fourth-order valence-electron chi connectivity index (χ4n) is 10.5. The highest BCUT2D eigenvalue weighted by molar-refractivity contribution is 5.63. The lowest BCUT2D eigenvalue weighted by Crippen LogP contribution is -2.82. The zero-order chi connectivity index (χ0) is 26.2. The summed E-state index contributed by atoms with van der Waals surface area (Å²) in [7, 11) is 1.83. The zero-order valence-electron chi connectivity index (χ0n) is 23.2. The van der Waals surface area contributed by atoms with Crippen molar-refractivity contribution in [1.82, 2.24) is 4.90 Å². The number of nitrogens with zero attached hydrogens (tertiary/aromatic N) is 1. The fourth-order valence-corrected chi connectivity index (χ4v) is 10.5. The van der Waals surface area contributed by atoms with Gasteiger partial charge < -0.3 is 19.7 Å². The van der Waals surface area contributed by atoms with E-state index in [9.17, 15) is 10.2 Å². The molecule has 7 atom stereocenters. The minimum atomic E-state index is -1.07. The van der Waals surface area contributed by atoms with Crippen molar-refractivity contribution < 1.29 is 19.7 Å². The summed E-state index contributed by atoms with van der Waals surface area (Å²) in [5.41, 5.74) is 4.06. The Kier molecular flexibility index (Phi) is 4.60. The number of aryl methyl sites for hydroxylation is 2. The Morgan fingerprint density at radius 2 is 1.87 bits per heavy atom. The molecule has 5 fully saturated rings. The number of aromatic hydroxyl groups is 1. The summed E-state index contributed by atoms with van der Waals surface area (Å²) in [5.74, 6) is 1.67. The minimum absolute atomic E-state index is 0.00927. The van der Waals surface area contributed by atoms with Gasteiger partial charge in [0, 0.05) is 42.0 Å². The van der Waals surface area contributed by atoms with Gasteiger partial charge in [0.25, 0.3) is 0 Å². The number of piperidine rings is 1. The number of hydrogen-bond acceptors (Lipinski definition) is 5. The normalized spacial score (nSPS) is 40.0. The molecule has 5 aliphatic carbocycles. The third-order valence-electron chi connectivity index (χ3n) is 12.1. The number of likely N-dealkylation sites (tertiary alicyclic amines) is 1. The molecule has 1 unspecified atom stereocenters. The molecule has 5 nitrogen and oxygen atoms in total. The van der Waals surface area contributed by atoms with Crippen molar-refractivity contribution in [2.24, 2.45) is 17.3 Å². The number of phenols is 1. The Bertz CT molecular complexity index is 1330. The van der Waals surface area contributed by atoms with E-state index in [1.165, 1.54) is 41.6 Å². The second kappa shape index (κ2) is 7.35. The number of phenolic OH excluding ortho intramolecular Hbond substituents is 1. The fraction of sp³-hybridized carbons (Fsp3) is 0.636. The van der Waals surface area contributed by atoms with Crippen molar-refractivity contribution in [2.75, 3.05) is 20.2 Å². The van der Waals surface area contributed by atoms with Gasteiger partial charge in [-0.3, -0.25) is 4.90 Å². The van der Waals surface area contributed by atoms with Crippen LogP contribution in [0.5, 0.6) is 11.5 Å². The predicted molar refractivity (Wildman–Crippen MR) is 146 cm³/mol. The Labute approximate surface area is 226 Å². The number of methoxy groups -OCH3 is 1. The second-order valence-electron chi connectivity index (χ2n) is 13.9. The Balaban J connectivity index is 1.35. The van der Waals surface area contributed by atoms with Crippen LogP contribution in [0.4, 0.5) is 0 Å². The summed E-state index contributed by atoms with van der Waals surface area (Å²) in [6.45, 7) is 8.52. The molecule has 4 saturated carbocycles. The summed E-state index contributed by atoms with van der Waals surface area (Å²) in [6.07, 6.45) is 7.43. The Morgan fingerprint density at radius 1 is 1.11 bits per heavy atom. The third-order valence-corrected chi connectivity index (χ3v) is 12.1. The average molecular weight is 516 g/mol. The maximum atomic E-state index is 12.6. The molecular formula is C33H41NO4. The lowest BCUT2D eigenvalue weighted by molar-refractivity contribution is -0.304. The molecular weight excluding hydrogens is 474 g/mol. The number of benzene rings is 2. The van der Waals surface area contributed by atoms with Gasteiger partial charge in [0.15, 0.2) is 11.5 Å². The molecule has 0 aromatic heterocycles. The van der Waals surface area contributed by atoms with E-state index in [2.05, 4.69) is 43.0 Å². The first-order chi connectivity index (χ1) is 18.2. The number of aliphatic hydroxyl groups is 1. The summed E-state index contributed by atoms with van der Waals surface area (Å²) < 4.78 is 13.6. The zero-order valence-corrected chi connectivity index (χ0v) is 23.2. The molecule has 9 rings (SSSR count). The van der Waals surface area contributed by atoms with Gasteiger partial charge in [0.05, 0.1) is 5.60 Å². The van der Waals surface area contributed by atoms with E-state index in [0.717, 1.165) is 50.1 Å². The van der Waals surface area contributed by atoms with Crippen molar-refractivity contribution in [1.29, 1.82) is 0 Å². The SMILES string of the molecule is CO[C@]12CC[C@@]3(C[C@@H]1C(C)(O)c1cc(C)cc(C)c1)[C@H]1Cc4ccc(O)c5c4[C@@]3(CCN1CC1CC1)[C@H]2O5. The van der Waals surface area contributed by atoms with Crippen LogP contribution in [0.2, 0.25) is 0 Å². The molecule has 2 aromatic rings. The van der Waals surface area contributed by atoms with Gasteiger partial charge in [-0.15, -0.1) is 0 Å². The lowest BCUT2D eigenvalue weighted by atomic mass is 9.33. The van der Waals surface area contributed by atoms with Crippen LogP contribution in [-0.2, 0) is 22.2 Å². The van der Waals surface area contributed by atoms with Crippen molar-refractivity contribution in [3.05, 3.63) is 58.1 Å². The average Bonchev–Trinajstić information content (AvgIpc) is 3.63. The van der Waals surface area contributed by atoms with E-state index in [0.29, 0.717) is 11.8 Å². The molecule has 0 radical (unpaired) electrons. The summed E-state index contributed by atoms with van der Waals surface area (Å²) in [5, 5.41) is 23.7. The molecule has 2 aliphatic heterocycles. The van der Waals surface area contributed by atoms with Crippen LogP contribution in [0.1, 0.15) is 73.3 Å². The standard InChI is InChI=1S/C33H41NO4/c1-19-13-20(2)15-23(14-19)30(3,36)25-17-31-9-10-33(25,37-4)29-32(31)11-12-34(18-21-5-6-21)26(31)16-22-7-8-24(35)28(38-29)27(22)32/h7-8,13-15,21,25-26,29,35-36H,5-6,9-12,16-18H2,1-4H3/t25-,26-,29-,30?,31-,32+,33-/m1/s1. The molecule has 0 amide bonds. The van der Waals surface area contributed by atoms with Crippen molar-refractivity contribution in [3.8, 4) is 11.5 Å². The molecule has 2 aromatic carbocycles. The number of hydrogen-bond donors (Lipinski definition) is 2. The highest BCUT2D eigenvalue weighted by Gasteiger charge is 2.82. The van der Waals surface area contributed by atoms with Crippen LogP contribution in [0.15, 0.2) is 30.3 Å². The van der Waals surface area contributed by atoms with E-state index < -0.39 is 11.2 Å². The van der Waals surface area contributed by atoms with Gasteiger partial charge in [0.1, 0.15) is 11.7 Å². The Morgan fingerprint density at radius 3 is 2.58 bits per heavy atom. The van der Waals surface area contributed by atoms with E-state index in [1.54, 1.807) is 0 Å². The minimum Gasteiger partial charge on any atom is -0.504 e. The van der Waals surface area contributed by atoms with Crippen LogP contribution in [0.3, 0.4) is 0 Å². The summed E-state index contributed by atoms with van der Waals surface area (Å²) in [4.78, 5) is 2.82. The first-order valence-corrected chi connectivity index (χ1v) is 14.8. The first-order valence-electron chi connectivity index (χ1n) is 14.8. The van der Waals surface area contributed by atoms with Crippen LogP contribution in [0.25, 0.3) is 0 Å².